The lowest BCUT2D eigenvalue weighted by molar-refractivity contribution is 0.0746. The molecule has 2 aromatic rings. The van der Waals surface area contributed by atoms with Crippen molar-refractivity contribution < 1.29 is 9.59 Å². The number of amides is 1. The molecule has 1 saturated heterocycles. The molecular weight excluding hydrogens is 350 g/mol. The Balaban J connectivity index is 1.47. The topological polar surface area (TPSA) is 64.4 Å². The van der Waals surface area contributed by atoms with Gasteiger partial charge in [-0.05, 0) is 49.1 Å². The van der Waals surface area contributed by atoms with E-state index in [4.69, 9.17) is 0 Å². The molecule has 1 aliphatic carbocycles. The van der Waals surface area contributed by atoms with Crippen LogP contribution in [0.25, 0.3) is 0 Å². The zero-order chi connectivity index (χ0) is 19.5. The molecule has 142 valence electrons. The summed E-state index contributed by atoms with van der Waals surface area (Å²) < 4.78 is 0. The number of piperazine rings is 1. The summed E-state index contributed by atoms with van der Waals surface area (Å²) in [5.41, 5.74) is 4.06. The summed E-state index contributed by atoms with van der Waals surface area (Å²) in [5.74, 6) is 0.212. The molecule has 1 fully saturated rings. The first-order chi connectivity index (χ1) is 13.7. The van der Waals surface area contributed by atoms with E-state index in [-0.39, 0.29) is 11.7 Å². The second-order valence-electron chi connectivity index (χ2n) is 7.41. The minimum absolute atomic E-state index is 0.0210. The highest BCUT2D eigenvalue weighted by Crippen LogP contribution is 2.24. The molecule has 4 rings (SSSR count). The lowest BCUT2D eigenvalue weighted by Gasteiger charge is -2.36. The minimum atomic E-state index is 0.0210. The van der Waals surface area contributed by atoms with E-state index >= 15 is 0 Å². The van der Waals surface area contributed by atoms with Crippen LogP contribution in [0.2, 0.25) is 0 Å². The van der Waals surface area contributed by atoms with Crippen molar-refractivity contribution in [2.75, 3.05) is 31.1 Å². The van der Waals surface area contributed by atoms with Crippen LogP contribution in [0.3, 0.4) is 0 Å². The summed E-state index contributed by atoms with van der Waals surface area (Å²) in [4.78, 5) is 29.2. The van der Waals surface area contributed by atoms with E-state index in [1.165, 1.54) is 0 Å². The molecule has 1 heterocycles. The Hall–Kier alpha value is -3.13. The van der Waals surface area contributed by atoms with Crippen LogP contribution in [-0.2, 0) is 6.42 Å². The van der Waals surface area contributed by atoms with Crippen molar-refractivity contribution in [2.24, 2.45) is 0 Å². The monoisotopic (exact) mass is 373 g/mol. The Labute approximate surface area is 165 Å². The summed E-state index contributed by atoms with van der Waals surface area (Å²) in [6.07, 6.45) is 3.38. The maximum atomic E-state index is 13.0. The summed E-state index contributed by atoms with van der Waals surface area (Å²) in [7, 11) is 0. The third kappa shape index (κ3) is 3.50. The number of nitrogens with zero attached hydrogens (tertiary/aromatic N) is 3. The van der Waals surface area contributed by atoms with Gasteiger partial charge in [-0.15, -0.1) is 0 Å². The molecule has 0 saturated carbocycles. The molecule has 0 unspecified atom stereocenters. The van der Waals surface area contributed by atoms with Gasteiger partial charge in [0.05, 0.1) is 11.3 Å². The van der Waals surface area contributed by atoms with Crippen molar-refractivity contribution in [3.63, 3.8) is 0 Å². The van der Waals surface area contributed by atoms with Crippen LogP contribution < -0.4 is 4.90 Å². The van der Waals surface area contributed by atoms with E-state index in [0.29, 0.717) is 43.7 Å². The highest BCUT2D eigenvalue weighted by atomic mass is 16.2. The maximum Gasteiger partial charge on any atom is 0.253 e. The predicted octanol–water partition coefficient (Wildman–Crippen LogP) is 3.43. The fraction of sp³-hybridized carbons (Fsp3) is 0.348. The zero-order valence-electron chi connectivity index (χ0n) is 15.9. The summed E-state index contributed by atoms with van der Waals surface area (Å²) in [5, 5.41) is 9.31. The molecule has 0 radical (unpaired) electrons. The molecule has 0 bridgehead atoms. The van der Waals surface area contributed by atoms with Gasteiger partial charge >= 0.3 is 0 Å². The predicted molar refractivity (Wildman–Crippen MR) is 108 cm³/mol. The van der Waals surface area contributed by atoms with Crippen molar-refractivity contribution in [1.29, 1.82) is 5.26 Å². The van der Waals surface area contributed by atoms with Gasteiger partial charge in [0.15, 0.2) is 5.78 Å². The molecule has 0 aromatic heterocycles. The molecule has 0 spiro atoms. The smallest absolute Gasteiger partial charge is 0.253 e. The summed E-state index contributed by atoms with van der Waals surface area (Å²) in [6.45, 7) is 2.64. The van der Waals surface area contributed by atoms with Gasteiger partial charge in [0.2, 0.25) is 0 Å². The van der Waals surface area contributed by atoms with E-state index in [0.717, 1.165) is 36.1 Å². The number of carbonyl (C=O) groups is 2. The molecule has 0 atom stereocenters. The number of para-hydroxylation sites is 1. The van der Waals surface area contributed by atoms with Crippen LogP contribution in [0.15, 0.2) is 42.5 Å². The minimum Gasteiger partial charge on any atom is -0.367 e. The Bertz CT molecular complexity index is 953. The van der Waals surface area contributed by atoms with Crippen molar-refractivity contribution in [1.82, 2.24) is 4.90 Å². The number of hydrogen-bond acceptors (Lipinski definition) is 4. The second-order valence-corrected chi connectivity index (χ2v) is 7.41. The highest BCUT2D eigenvalue weighted by molar-refractivity contribution is 6.00. The normalized spacial score (nSPS) is 16.9. The van der Waals surface area contributed by atoms with Crippen molar-refractivity contribution in [2.45, 2.75) is 25.7 Å². The van der Waals surface area contributed by atoms with Gasteiger partial charge in [0.25, 0.3) is 5.91 Å². The van der Waals surface area contributed by atoms with Crippen LogP contribution >= 0.6 is 0 Å². The number of hydrogen-bond donors (Lipinski definition) is 0. The van der Waals surface area contributed by atoms with Gasteiger partial charge in [-0.2, -0.15) is 5.26 Å². The number of carbonyl (C=O) groups excluding carboxylic acids is 2. The van der Waals surface area contributed by atoms with Gasteiger partial charge in [-0.3, -0.25) is 9.59 Å². The van der Waals surface area contributed by atoms with Crippen molar-refractivity contribution in [3.05, 3.63) is 64.7 Å². The van der Waals surface area contributed by atoms with Crippen molar-refractivity contribution >= 4 is 17.4 Å². The third-order valence-corrected chi connectivity index (χ3v) is 5.68. The van der Waals surface area contributed by atoms with Gasteiger partial charge in [0, 0.05) is 43.7 Å². The Morgan fingerprint density at radius 3 is 2.50 bits per heavy atom. The Morgan fingerprint density at radius 1 is 0.964 bits per heavy atom. The second kappa shape index (κ2) is 7.85. The van der Waals surface area contributed by atoms with Crippen LogP contribution in [0, 0.1) is 11.3 Å². The fourth-order valence-electron chi connectivity index (χ4n) is 4.12. The standard InChI is InChI=1S/C23H23N3O2/c24-16-19-6-1-3-7-21(19)25-11-13-26(14-12-25)23(28)18-9-10-20-17(15-18)5-2-4-8-22(20)27/h1,3,6-7,9-10,15H,2,4-5,8,11-14H2. The lowest BCUT2D eigenvalue weighted by Crippen LogP contribution is -2.49. The van der Waals surface area contributed by atoms with E-state index in [1.54, 1.807) is 6.07 Å². The number of anilines is 1. The first-order valence-electron chi connectivity index (χ1n) is 9.87. The first-order valence-corrected chi connectivity index (χ1v) is 9.87. The van der Waals surface area contributed by atoms with E-state index in [2.05, 4.69) is 11.0 Å². The largest absolute Gasteiger partial charge is 0.367 e. The van der Waals surface area contributed by atoms with E-state index in [1.807, 2.05) is 41.3 Å². The third-order valence-electron chi connectivity index (χ3n) is 5.68. The summed E-state index contributed by atoms with van der Waals surface area (Å²) >= 11 is 0. The van der Waals surface area contributed by atoms with Gasteiger partial charge in [-0.1, -0.05) is 18.2 Å². The van der Waals surface area contributed by atoms with E-state index in [9.17, 15) is 14.9 Å². The van der Waals surface area contributed by atoms with E-state index < -0.39 is 0 Å². The fourth-order valence-corrected chi connectivity index (χ4v) is 4.12. The van der Waals surface area contributed by atoms with Crippen LogP contribution in [0.1, 0.15) is 51.1 Å². The molecular formula is C23H23N3O2. The number of rotatable bonds is 2. The Morgan fingerprint density at radius 2 is 1.71 bits per heavy atom. The van der Waals surface area contributed by atoms with Gasteiger partial charge < -0.3 is 9.80 Å². The molecule has 1 aliphatic heterocycles. The van der Waals surface area contributed by atoms with Crippen LogP contribution in [0.5, 0.6) is 0 Å². The van der Waals surface area contributed by atoms with Crippen LogP contribution in [0.4, 0.5) is 5.69 Å². The molecule has 0 N–H and O–H groups in total. The number of aryl methyl sites for hydroxylation is 1. The maximum absolute atomic E-state index is 13.0. The van der Waals surface area contributed by atoms with Gasteiger partial charge in [-0.25, -0.2) is 0 Å². The molecule has 1 amide bonds. The molecule has 2 aromatic carbocycles. The number of benzene rings is 2. The first kappa shape index (κ1) is 18.2. The molecule has 2 aliphatic rings. The average molecular weight is 373 g/mol. The quantitative estimate of drug-likeness (QED) is 0.757. The number of nitriles is 1. The summed E-state index contributed by atoms with van der Waals surface area (Å²) in [6, 6.07) is 15.4. The number of fused-ring (bicyclic) bond motifs is 1. The molecule has 28 heavy (non-hydrogen) atoms. The van der Waals surface area contributed by atoms with Gasteiger partial charge in [0.1, 0.15) is 6.07 Å². The zero-order valence-corrected chi connectivity index (χ0v) is 15.9. The number of ketones is 1. The molecule has 5 nitrogen and oxygen atoms in total. The average Bonchev–Trinajstić information content (AvgIpc) is 2.94. The van der Waals surface area contributed by atoms with Crippen molar-refractivity contribution in [3.8, 4) is 6.07 Å². The highest BCUT2D eigenvalue weighted by Gasteiger charge is 2.25. The lowest BCUT2D eigenvalue weighted by atomic mass is 9.98. The SMILES string of the molecule is N#Cc1ccccc1N1CCN(C(=O)c2ccc3c(c2)CCCCC3=O)CC1. The molecule has 5 heteroatoms. The number of Topliss-reactive ketones (excluding diaryl/α,β-unsaturated/α-hetero) is 1. The Kier molecular flexibility index (Phi) is 5.12. The van der Waals surface area contributed by atoms with Crippen LogP contribution in [-0.4, -0.2) is 42.8 Å².